The second-order valence-corrected chi connectivity index (χ2v) is 4.50. The van der Waals surface area contributed by atoms with Crippen LogP contribution in [0.1, 0.15) is 39.5 Å². The first-order valence-corrected chi connectivity index (χ1v) is 5.64. The molecule has 0 spiro atoms. The summed E-state index contributed by atoms with van der Waals surface area (Å²) < 4.78 is 27.1. The molecule has 0 heterocycles. The minimum atomic E-state index is -2.50. The molecule has 0 radical (unpaired) electrons. The number of hydrogen-bond acceptors (Lipinski definition) is 1. The summed E-state index contributed by atoms with van der Waals surface area (Å²) in [6, 6.07) is 0. The average molecular weight is 205 g/mol. The van der Waals surface area contributed by atoms with Gasteiger partial charge in [0.05, 0.1) is 6.54 Å². The second-order valence-electron chi connectivity index (χ2n) is 4.50. The molecule has 0 aromatic carbocycles. The normalized spacial score (nSPS) is 29.1. The Labute approximate surface area is 85.3 Å². The lowest BCUT2D eigenvalue weighted by atomic mass is 9.80. The van der Waals surface area contributed by atoms with Crippen molar-refractivity contribution in [3.05, 3.63) is 0 Å². The van der Waals surface area contributed by atoms with Crippen molar-refractivity contribution >= 4 is 0 Å². The molecule has 1 saturated carbocycles. The molecule has 0 unspecified atom stereocenters. The molecule has 0 atom stereocenters. The van der Waals surface area contributed by atoms with Crippen LogP contribution in [0.4, 0.5) is 8.78 Å². The van der Waals surface area contributed by atoms with Crippen LogP contribution in [0.2, 0.25) is 0 Å². The molecular weight excluding hydrogens is 184 g/mol. The van der Waals surface area contributed by atoms with E-state index in [9.17, 15) is 8.78 Å². The largest absolute Gasteiger partial charge is 0.311 e. The van der Waals surface area contributed by atoms with Crippen molar-refractivity contribution in [2.24, 2.45) is 11.8 Å². The zero-order valence-corrected chi connectivity index (χ0v) is 9.15. The van der Waals surface area contributed by atoms with E-state index in [1.807, 2.05) is 6.92 Å². The first-order chi connectivity index (χ1) is 6.56. The van der Waals surface area contributed by atoms with E-state index in [0.29, 0.717) is 25.3 Å². The van der Waals surface area contributed by atoms with Crippen molar-refractivity contribution in [2.75, 3.05) is 13.1 Å². The van der Waals surface area contributed by atoms with Gasteiger partial charge >= 0.3 is 0 Å². The van der Waals surface area contributed by atoms with E-state index in [1.54, 1.807) is 0 Å². The SMILES string of the molecule is CCNCC(F)(F)C1CCC(C)CC1. The minimum Gasteiger partial charge on any atom is -0.311 e. The summed E-state index contributed by atoms with van der Waals surface area (Å²) in [5.41, 5.74) is 0. The van der Waals surface area contributed by atoms with Gasteiger partial charge in [-0.25, -0.2) is 8.78 Å². The highest BCUT2D eigenvalue weighted by Crippen LogP contribution is 2.38. The second kappa shape index (κ2) is 5.06. The van der Waals surface area contributed by atoms with E-state index in [1.165, 1.54) is 0 Å². The van der Waals surface area contributed by atoms with Gasteiger partial charge < -0.3 is 5.32 Å². The Morgan fingerprint density at radius 2 is 1.79 bits per heavy atom. The monoisotopic (exact) mass is 205 g/mol. The lowest BCUT2D eigenvalue weighted by molar-refractivity contribution is -0.0716. The maximum Gasteiger partial charge on any atom is 0.263 e. The molecule has 1 aliphatic carbocycles. The van der Waals surface area contributed by atoms with Gasteiger partial charge in [-0.3, -0.25) is 0 Å². The topological polar surface area (TPSA) is 12.0 Å². The molecule has 14 heavy (non-hydrogen) atoms. The predicted octanol–water partition coefficient (Wildman–Crippen LogP) is 3.06. The third-order valence-electron chi connectivity index (χ3n) is 3.22. The van der Waals surface area contributed by atoms with Gasteiger partial charge in [-0.1, -0.05) is 26.7 Å². The molecule has 1 rings (SSSR count). The number of halogens is 2. The molecule has 0 bridgehead atoms. The van der Waals surface area contributed by atoms with Crippen LogP contribution in [0.15, 0.2) is 0 Å². The molecule has 0 aromatic rings. The lowest BCUT2D eigenvalue weighted by Gasteiger charge is -2.32. The third kappa shape index (κ3) is 3.19. The number of rotatable bonds is 4. The number of alkyl halides is 2. The Morgan fingerprint density at radius 1 is 1.21 bits per heavy atom. The van der Waals surface area contributed by atoms with Gasteiger partial charge in [0.2, 0.25) is 0 Å². The quantitative estimate of drug-likeness (QED) is 0.743. The number of nitrogens with one attached hydrogen (secondary N) is 1. The van der Waals surface area contributed by atoms with Gasteiger partial charge in [0.15, 0.2) is 0 Å². The van der Waals surface area contributed by atoms with Crippen molar-refractivity contribution in [2.45, 2.75) is 45.5 Å². The molecule has 0 saturated heterocycles. The Bertz CT molecular complexity index is 163. The molecule has 1 nitrogen and oxygen atoms in total. The van der Waals surface area contributed by atoms with Gasteiger partial charge in [0.25, 0.3) is 5.92 Å². The highest BCUT2D eigenvalue weighted by molar-refractivity contribution is 4.83. The molecule has 3 heteroatoms. The van der Waals surface area contributed by atoms with Crippen molar-refractivity contribution in [1.29, 1.82) is 0 Å². The van der Waals surface area contributed by atoms with Gasteiger partial charge in [-0.05, 0) is 25.3 Å². The average Bonchev–Trinajstić information content (AvgIpc) is 2.16. The number of hydrogen-bond donors (Lipinski definition) is 1. The van der Waals surface area contributed by atoms with Gasteiger partial charge in [0.1, 0.15) is 0 Å². The van der Waals surface area contributed by atoms with Crippen molar-refractivity contribution in [3.8, 4) is 0 Å². The van der Waals surface area contributed by atoms with Crippen LogP contribution < -0.4 is 5.32 Å². The van der Waals surface area contributed by atoms with Gasteiger partial charge in [0, 0.05) is 5.92 Å². The first kappa shape index (κ1) is 11.9. The fraction of sp³-hybridized carbons (Fsp3) is 1.00. The van der Waals surface area contributed by atoms with E-state index in [0.717, 1.165) is 12.8 Å². The highest BCUT2D eigenvalue weighted by atomic mass is 19.3. The standard InChI is InChI=1S/C11H21F2N/c1-3-14-8-11(12,13)10-6-4-9(2)5-7-10/h9-10,14H,3-8H2,1-2H3. The third-order valence-corrected chi connectivity index (χ3v) is 3.22. The zero-order chi connectivity index (χ0) is 10.6. The zero-order valence-electron chi connectivity index (χ0n) is 9.15. The van der Waals surface area contributed by atoms with E-state index in [4.69, 9.17) is 0 Å². The van der Waals surface area contributed by atoms with Crippen LogP contribution >= 0.6 is 0 Å². The van der Waals surface area contributed by atoms with Crippen LogP contribution in [-0.4, -0.2) is 19.0 Å². The van der Waals surface area contributed by atoms with Crippen LogP contribution in [0.25, 0.3) is 0 Å². The Balaban J connectivity index is 2.38. The fourth-order valence-electron chi connectivity index (χ4n) is 2.12. The van der Waals surface area contributed by atoms with Crippen LogP contribution in [-0.2, 0) is 0 Å². The maximum absolute atomic E-state index is 13.6. The summed E-state index contributed by atoms with van der Waals surface area (Å²) in [7, 11) is 0. The predicted molar refractivity (Wildman–Crippen MR) is 54.6 cm³/mol. The Morgan fingerprint density at radius 3 is 2.29 bits per heavy atom. The minimum absolute atomic E-state index is 0.150. The fourth-order valence-corrected chi connectivity index (χ4v) is 2.12. The molecule has 1 N–H and O–H groups in total. The van der Waals surface area contributed by atoms with Crippen molar-refractivity contribution < 1.29 is 8.78 Å². The summed E-state index contributed by atoms with van der Waals surface area (Å²) in [6.45, 7) is 4.49. The highest BCUT2D eigenvalue weighted by Gasteiger charge is 2.40. The summed E-state index contributed by atoms with van der Waals surface area (Å²) in [6.07, 6.45) is 3.32. The first-order valence-electron chi connectivity index (χ1n) is 5.64. The molecule has 1 aliphatic rings. The van der Waals surface area contributed by atoms with Crippen LogP contribution in [0.5, 0.6) is 0 Å². The summed E-state index contributed by atoms with van der Waals surface area (Å²) >= 11 is 0. The molecule has 1 fully saturated rings. The Hall–Kier alpha value is -0.180. The van der Waals surface area contributed by atoms with E-state index < -0.39 is 11.8 Å². The smallest absolute Gasteiger partial charge is 0.263 e. The lowest BCUT2D eigenvalue weighted by Crippen LogP contribution is -2.40. The van der Waals surface area contributed by atoms with Gasteiger partial charge in [-0.15, -0.1) is 0 Å². The van der Waals surface area contributed by atoms with Gasteiger partial charge in [-0.2, -0.15) is 0 Å². The molecule has 84 valence electrons. The molecule has 0 amide bonds. The molecule has 0 aromatic heterocycles. The van der Waals surface area contributed by atoms with E-state index in [-0.39, 0.29) is 6.54 Å². The van der Waals surface area contributed by atoms with Crippen molar-refractivity contribution in [1.82, 2.24) is 5.32 Å². The van der Waals surface area contributed by atoms with E-state index in [2.05, 4.69) is 12.2 Å². The molecular formula is C11H21F2N. The Kier molecular flexibility index (Phi) is 4.30. The van der Waals surface area contributed by atoms with Crippen molar-refractivity contribution in [3.63, 3.8) is 0 Å². The summed E-state index contributed by atoms with van der Waals surface area (Å²) in [4.78, 5) is 0. The molecule has 0 aliphatic heterocycles. The summed E-state index contributed by atoms with van der Waals surface area (Å²) in [5, 5.41) is 2.75. The van der Waals surface area contributed by atoms with E-state index >= 15 is 0 Å². The van der Waals surface area contributed by atoms with Crippen LogP contribution in [0, 0.1) is 11.8 Å². The van der Waals surface area contributed by atoms with Crippen LogP contribution in [0.3, 0.4) is 0 Å². The summed E-state index contributed by atoms with van der Waals surface area (Å²) in [5.74, 6) is -2.25. The maximum atomic E-state index is 13.6.